The van der Waals surface area contributed by atoms with E-state index in [9.17, 15) is 4.39 Å². The van der Waals surface area contributed by atoms with E-state index in [-0.39, 0.29) is 18.0 Å². The molecule has 3 heterocycles. The van der Waals surface area contributed by atoms with Crippen LogP contribution in [-0.2, 0) is 22.6 Å². The van der Waals surface area contributed by atoms with Crippen molar-refractivity contribution in [2.24, 2.45) is 0 Å². The van der Waals surface area contributed by atoms with Gasteiger partial charge in [0, 0.05) is 44.3 Å². The van der Waals surface area contributed by atoms with Crippen LogP contribution in [0.4, 0.5) is 15.9 Å². The number of hydrogen-bond acceptors (Lipinski definition) is 8. The summed E-state index contributed by atoms with van der Waals surface area (Å²) < 4.78 is 27.2. The maximum absolute atomic E-state index is 13.2. The number of anilines is 2. The number of methoxy groups -OCH3 is 1. The molecule has 9 nitrogen and oxygen atoms in total. The molecule has 2 atom stereocenters. The monoisotopic (exact) mass is 451 g/mol. The molecular weight excluding hydrogens is 425 g/mol. The van der Waals surface area contributed by atoms with Gasteiger partial charge in [0.05, 0.1) is 11.9 Å². The van der Waals surface area contributed by atoms with E-state index in [4.69, 9.17) is 9.47 Å². The summed E-state index contributed by atoms with van der Waals surface area (Å²) in [5, 5.41) is 13.0. The van der Waals surface area contributed by atoms with Gasteiger partial charge in [0.25, 0.3) is 0 Å². The zero-order valence-electron chi connectivity index (χ0n) is 18.4. The van der Waals surface area contributed by atoms with Crippen LogP contribution in [-0.4, -0.2) is 68.6 Å². The Bertz CT molecular complexity index is 1210. The highest BCUT2D eigenvalue weighted by Crippen LogP contribution is 2.15. The molecule has 0 bridgehead atoms. The van der Waals surface area contributed by atoms with Crippen LogP contribution in [0.2, 0.25) is 0 Å². The van der Waals surface area contributed by atoms with Crippen molar-refractivity contribution in [2.45, 2.75) is 31.7 Å². The van der Waals surface area contributed by atoms with Crippen LogP contribution in [0.1, 0.15) is 12.2 Å². The minimum Gasteiger partial charge on any atom is -0.374 e. The Morgan fingerprint density at radius 2 is 2.00 bits per heavy atom. The molecule has 0 saturated heterocycles. The molecule has 1 aliphatic carbocycles. The fraction of sp³-hybridized carbons (Fsp3) is 0.391. The Labute approximate surface area is 190 Å². The number of hydrogen-bond donors (Lipinski definition) is 1. The fourth-order valence-corrected chi connectivity index (χ4v) is 4.15. The minimum atomic E-state index is -0.284. The molecule has 5 rings (SSSR count). The fourth-order valence-electron chi connectivity index (χ4n) is 4.15. The lowest BCUT2D eigenvalue weighted by atomic mass is 10.1. The molecule has 0 amide bonds. The van der Waals surface area contributed by atoms with E-state index >= 15 is 0 Å². The second kappa shape index (κ2) is 9.74. The Morgan fingerprint density at radius 3 is 2.85 bits per heavy atom. The first-order valence-electron chi connectivity index (χ1n) is 11.0. The topological polar surface area (TPSA) is 90.2 Å². The lowest BCUT2D eigenvalue weighted by molar-refractivity contribution is 0.000937. The molecule has 172 valence electrons. The van der Waals surface area contributed by atoms with E-state index in [1.54, 1.807) is 25.6 Å². The average molecular weight is 452 g/mol. The van der Waals surface area contributed by atoms with Gasteiger partial charge in [-0.25, -0.2) is 14.4 Å². The van der Waals surface area contributed by atoms with Crippen LogP contribution >= 0.6 is 0 Å². The molecule has 2 aliphatic rings. The van der Waals surface area contributed by atoms with Gasteiger partial charge in [-0.15, -0.1) is 10.2 Å². The summed E-state index contributed by atoms with van der Waals surface area (Å²) in [6.07, 6.45) is 7.65. The molecule has 0 spiro atoms. The van der Waals surface area contributed by atoms with Crippen LogP contribution in [0.3, 0.4) is 0 Å². The highest BCUT2D eigenvalue weighted by atomic mass is 19.1. The largest absolute Gasteiger partial charge is 0.374 e. The van der Waals surface area contributed by atoms with E-state index in [2.05, 4.69) is 34.9 Å². The van der Waals surface area contributed by atoms with Gasteiger partial charge in [0.2, 0.25) is 0 Å². The number of nitrogens with zero attached hydrogens (tertiary/aromatic N) is 6. The zero-order chi connectivity index (χ0) is 22.6. The van der Waals surface area contributed by atoms with Gasteiger partial charge in [-0.3, -0.25) is 4.90 Å². The van der Waals surface area contributed by atoms with E-state index in [0.29, 0.717) is 12.4 Å². The molecule has 1 aliphatic heterocycles. The Balaban J connectivity index is 1.24. The molecular formula is C23H26FN7O2. The molecule has 3 aromatic rings. The highest BCUT2D eigenvalue weighted by molar-refractivity contribution is 5.60. The zero-order valence-corrected chi connectivity index (χ0v) is 18.4. The normalized spacial score (nSPS) is 19.8. The van der Waals surface area contributed by atoms with Crippen molar-refractivity contribution >= 4 is 23.7 Å². The van der Waals surface area contributed by atoms with Gasteiger partial charge in [-0.1, -0.05) is 0 Å². The van der Waals surface area contributed by atoms with Crippen LogP contribution in [0.25, 0.3) is 12.2 Å². The predicted octanol–water partition coefficient (Wildman–Crippen LogP) is 0.831. The molecule has 1 aromatic carbocycles. The van der Waals surface area contributed by atoms with Gasteiger partial charge < -0.3 is 19.4 Å². The molecule has 0 radical (unpaired) electrons. The van der Waals surface area contributed by atoms with Crippen molar-refractivity contribution in [3.05, 3.63) is 59.1 Å². The third kappa shape index (κ3) is 4.92. The highest BCUT2D eigenvalue weighted by Gasteiger charge is 2.23. The summed E-state index contributed by atoms with van der Waals surface area (Å²) in [6, 6.07) is 6.16. The number of rotatable bonds is 8. The van der Waals surface area contributed by atoms with Crippen molar-refractivity contribution in [2.75, 3.05) is 32.1 Å². The van der Waals surface area contributed by atoms with Gasteiger partial charge in [0.1, 0.15) is 42.3 Å². The van der Waals surface area contributed by atoms with Crippen molar-refractivity contribution in [3.63, 3.8) is 0 Å². The summed E-state index contributed by atoms with van der Waals surface area (Å²) >= 11 is 0. The summed E-state index contributed by atoms with van der Waals surface area (Å²) in [4.78, 5) is 11.1. The van der Waals surface area contributed by atoms with Gasteiger partial charge in [0.15, 0.2) is 0 Å². The van der Waals surface area contributed by atoms with E-state index in [0.717, 1.165) is 54.7 Å². The lowest BCUT2D eigenvalue weighted by Crippen LogP contribution is -2.43. The van der Waals surface area contributed by atoms with Gasteiger partial charge >= 0.3 is 0 Å². The summed E-state index contributed by atoms with van der Waals surface area (Å²) in [6.45, 7) is 4.24. The lowest BCUT2D eigenvalue weighted by Gasteiger charge is -2.27. The molecule has 33 heavy (non-hydrogen) atoms. The second-order valence-corrected chi connectivity index (χ2v) is 8.09. The third-order valence-electron chi connectivity index (χ3n) is 5.92. The summed E-state index contributed by atoms with van der Waals surface area (Å²) in [5.74, 6) is 1.37. The number of halogens is 1. The Kier molecular flexibility index (Phi) is 6.38. The first kappa shape index (κ1) is 21.6. The van der Waals surface area contributed by atoms with E-state index < -0.39 is 0 Å². The number of fused-ring (bicyclic) bond motifs is 2. The van der Waals surface area contributed by atoms with Crippen LogP contribution < -0.4 is 15.9 Å². The SMILES string of the molecule is COC1C=c2ncnc(Nc3ccc(F)cc3)c2=CC1OCCCN1CCn2cnnc2C1. The smallest absolute Gasteiger partial charge is 0.147 e. The van der Waals surface area contributed by atoms with Crippen LogP contribution in [0.15, 0.2) is 36.9 Å². The molecule has 10 heteroatoms. The minimum absolute atomic E-state index is 0.236. The van der Waals surface area contributed by atoms with E-state index in [1.807, 2.05) is 12.2 Å². The first-order chi connectivity index (χ1) is 16.2. The third-order valence-corrected chi connectivity index (χ3v) is 5.92. The standard InChI is InChI=1S/C23H26FN7O2/c1-32-20-12-19-18(23(26-14-25-19)28-17-5-3-16(24)4-6-17)11-21(20)33-10-2-7-30-8-9-31-15-27-29-22(31)13-30/h3-6,11-12,14-15,20-21H,2,7-10,13H2,1H3,(H,25,26,28). The number of ether oxygens (including phenoxy) is 2. The van der Waals surface area contributed by atoms with Crippen LogP contribution in [0.5, 0.6) is 0 Å². The molecule has 2 aromatic heterocycles. The van der Waals surface area contributed by atoms with Gasteiger partial charge in [-0.05, 0) is 42.8 Å². The summed E-state index contributed by atoms with van der Waals surface area (Å²) in [5.41, 5.74) is 0.745. The van der Waals surface area contributed by atoms with Crippen molar-refractivity contribution in [1.29, 1.82) is 0 Å². The van der Waals surface area contributed by atoms with Crippen molar-refractivity contribution in [1.82, 2.24) is 29.6 Å². The quantitative estimate of drug-likeness (QED) is 0.504. The number of nitrogens with one attached hydrogen (secondary N) is 1. The Hall–Kier alpha value is -3.21. The molecule has 0 fully saturated rings. The number of benzene rings is 1. The maximum atomic E-state index is 13.2. The van der Waals surface area contributed by atoms with Crippen molar-refractivity contribution in [3.8, 4) is 0 Å². The van der Waals surface area contributed by atoms with E-state index in [1.165, 1.54) is 18.5 Å². The molecule has 1 N–H and O–H groups in total. The predicted molar refractivity (Wildman–Crippen MR) is 120 cm³/mol. The van der Waals surface area contributed by atoms with Crippen LogP contribution in [0, 0.1) is 5.82 Å². The Morgan fingerprint density at radius 1 is 1.12 bits per heavy atom. The molecule has 0 saturated carbocycles. The maximum Gasteiger partial charge on any atom is 0.147 e. The molecule has 2 unspecified atom stereocenters. The number of aromatic nitrogens is 5. The first-order valence-corrected chi connectivity index (χ1v) is 11.0. The average Bonchev–Trinajstić information content (AvgIpc) is 3.31. The summed E-state index contributed by atoms with van der Waals surface area (Å²) in [7, 11) is 1.67. The van der Waals surface area contributed by atoms with Crippen molar-refractivity contribution < 1.29 is 13.9 Å². The second-order valence-electron chi connectivity index (χ2n) is 8.09. The van der Waals surface area contributed by atoms with Gasteiger partial charge in [-0.2, -0.15) is 0 Å².